The van der Waals surface area contributed by atoms with Gasteiger partial charge < -0.3 is 0 Å². The van der Waals surface area contributed by atoms with E-state index in [2.05, 4.69) is 24.2 Å². The van der Waals surface area contributed by atoms with Gasteiger partial charge in [0, 0.05) is 11.6 Å². The lowest BCUT2D eigenvalue weighted by Gasteiger charge is -2.09. The lowest BCUT2D eigenvalue weighted by molar-refractivity contribution is 0.261. The summed E-state index contributed by atoms with van der Waals surface area (Å²) in [4.78, 5) is 0.241. The van der Waals surface area contributed by atoms with Crippen molar-refractivity contribution in [3.63, 3.8) is 0 Å². The zero-order chi connectivity index (χ0) is 27.0. The first-order valence-electron chi connectivity index (χ1n) is 15.8. The van der Waals surface area contributed by atoms with Crippen LogP contribution in [0.3, 0.4) is 0 Å². The van der Waals surface area contributed by atoms with E-state index in [9.17, 15) is 8.76 Å². The molecule has 0 aliphatic carbocycles. The van der Waals surface area contributed by atoms with Crippen molar-refractivity contribution >= 4 is 10.5 Å². The smallest absolute Gasteiger partial charge is 0.160 e. The molecule has 0 saturated heterocycles. The molecule has 0 spiro atoms. The summed E-state index contributed by atoms with van der Waals surface area (Å²) in [6.07, 6.45) is 30.6. The summed E-state index contributed by atoms with van der Waals surface area (Å²) in [5, 5.41) is 0. The molecule has 5 heteroatoms. The molecule has 0 fully saturated rings. The predicted octanol–water partition coefficient (Wildman–Crippen LogP) is 10.4. The van der Waals surface area contributed by atoms with Crippen LogP contribution < -0.4 is 5.90 Å². The van der Waals surface area contributed by atoms with Crippen molar-refractivity contribution in [1.29, 1.82) is 0 Å². The summed E-state index contributed by atoms with van der Waals surface area (Å²) < 4.78 is 29.0. The van der Waals surface area contributed by atoms with E-state index in [0.717, 1.165) is 37.7 Å². The van der Waals surface area contributed by atoms with Gasteiger partial charge in [0.05, 0.1) is 4.55 Å². The van der Waals surface area contributed by atoms with E-state index < -0.39 is 10.5 Å². The zero-order valence-electron chi connectivity index (χ0n) is 24.4. The first-order valence-corrected chi connectivity index (χ1v) is 17.2. The topological polar surface area (TPSA) is 72.2 Å². The number of aryl methyl sites for hydroxylation is 2. The number of hydrogen-bond donors (Lipinski definition) is 1. The van der Waals surface area contributed by atoms with Crippen LogP contribution in [0.25, 0.3) is 0 Å². The fraction of sp³-hybridized carbons (Fsp3) is 0.812. The second-order valence-corrected chi connectivity index (χ2v) is 12.6. The highest BCUT2D eigenvalue weighted by atomic mass is 32.3. The molecule has 4 nitrogen and oxygen atoms in total. The summed E-state index contributed by atoms with van der Waals surface area (Å²) in [5.74, 6) is 5.10. The molecule has 0 saturated carbocycles. The summed E-state index contributed by atoms with van der Waals surface area (Å²) in [6.45, 7) is 4.53. The van der Waals surface area contributed by atoms with Crippen LogP contribution in [0.1, 0.15) is 166 Å². The fourth-order valence-corrected chi connectivity index (χ4v) is 6.07. The average Bonchev–Trinajstić information content (AvgIpc) is 2.90. The lowest BCUT2D eigenvalue weighted by atomic mass is 9.99. The lowest BCUT2D eigenvalue weighted by Crippen LogP contribution is -2.19. The normalized spacial score (nSPS) is 13.2. The van der Waals surface area contributed by atoms with Gasteiger partial charge in [0.2, 0.25) is 4.90 Å². The van der Waals surface area contributed by atoms with Gasteiger partial charge in [-0.3, -0.25) is 0 Å². The van der Waals surface area contributed by atoms with Crippen LogP contribution in [0.15, 0.2) is 23.1 Å². The fourth-order valence-electron chi connectivity index (χ4n) is 5.25. The molecule has 1 aromatic carbocycles. The highest BCUT2D eigenvalue weighted by Crippen LogP contribution is 2.26. The molecule has 1 atom stereocenters. The number of hydrogen-bond acceptors (Lipinski definition) is 3. The van der Waals surface area contributed by atoms with E-state index >= 15 is 0 Å². The Kier molecular flexibility index (Phi) is 21.5. The summed E-state index contributed by atoms with van der Waals surface area (Å²) in [5.41, 5.74) is 2.09. The van der Waals surface area contributed by atoms with Gasteiger partial charge in [0.15, 0.2) is 0 Å². The molecule has 0 aliphatic rings. The molecule has 0 aliphatic heterocycles. The van der Waals surface area contributed by atoms with E-state index in [4.69, 9.17) is 5.90 Å². The molecule has 0 aromatic heterocycles. The molecule has 37 heavy (non-hydrogen) atoms. The Balaban J connectivity index is 2.32. The molecular weight excluding hydrogens is 478 g/mol. The van der Waals surface area contributed by atoms with Crippen LogP contribution in [0.5, 0.6) is 0 Å². The Morgan fingerprint density at radius 2 is 0.973 bits per heavy atom. The minimum Gasteiger partial charge on any atom is -0.160 e. The molecule has 1 unspecified atom stereocenters. The molecular formula is C32H59NO3S+. The zero-order valence-corrected chi connectivity index (χ0v) is 25.2. The Morgan fingerprint density at radius 1 is 0.595 bits per heavy atom. The highest BCUT2D eigenvalue weighted by Gasteiger charge is 2.37. The minimum atomic E-state index is -3.88. The van der Waals surface area contributed by atoms with Gasteiger partial charge in [-0.05, 0) is 39.7 Å². The molecule has 215 valence electrons. The molecule has 0 heterocycles. The van der Waals surface area contributed by atoms with Gasteiger partial charge in [-0.15, -0.1) is 0 Å². The van der Waals surface area contributed by atoms with Gasteiger partial charge >= 0.3 is 10.5 Å². The van der Waals surface area contributed by atoms with Crippen molar-refractivity contribution in [2.24, 2.45) is 5.90 Å². The Hall–Kier alpha value is -0.750. The molecule has 0 amide bonds. The van der Waals surface area contributed by atoms with E-state index in [-0.39, 0.29) is 4.90 Å². The maximum Gasteiger partial charge on any atom is 0.447 e. The van der Waals surface area contributed by atoms with Crippen molar-refractivity contribution < 1.29 is 13.0 Å². The second kappa shape index (κ2) is 23.2. The first-order chi connectivity index (χ1) is 18.0. The number of rotatable bonds is 26. The van der Waals surface area contributed by atoms with E-state index in [1.807, 2.05) is 6.07 Å². The third-order valence-electron chi connectivity index (χ3n) is 7.64. The van der Waals surface area contributed by atoms with Gasteiger partial charge in [-0.2, -0.15) is 5.90 Å². The van der Waals surface area contributed by atoms with Crippen molar-refractivity contribution in [1.82, 2.24) is 0 Å². The molecule has 1 rings (SSSR count). The van der Waals surface area contributed by atoms with Crippen LogP contribution in [0.2, 0.25) is 0 Å². The Bertz CT molecular complexity index is 709. The predicted molar refractivity (Wildman–Crippen MR) is 159 cm³/mol. The van der Waals surface area contributed by atoms with Crippen LogP contribution in [-0.4, -0.2) is 0 Å². The molecule has 0 bridgehead atoms. The van der Waals surface area contributed by atoms with Crippen LogP contribution in [-0.2, 0) is 36.4 Å². The van der Waals surface area contributed by atoms with Gasteiger partial charge in [0.1, 0.15) is 0 Å². The number of benzene rings is 1. The van der Waals surface area contributed by atoms with E-state index in [1.54, 1.807) is 6.07 Å². The van der Waals surface area contributed by atoms with Crippen LogP contribution in [0, 0.1) is 0 Å². The number of nitrogens with two attached hydrogens (primary N) is 1. The van der Waals surface area contributed by atoms with E-state index in [1.165, 1.54) is 128 Å². The Labute approximate surface area is 231 Å². The van der Waals surface area contributed by atoms with Crippen LogP contribution in [0.4, 0.5) is 0 Å². The quantitative estimate of drug-likeness (QED) is 0.0725. The SMILES string of the molecule is CCCCCCCCCCCCCc1ccc([S+]([O])(=O)ON)c(CCCCCCCCCCCCC)c1. The van der Waals surface area contributed by atoms with Gasteiger partial charge in [-0.1, -0.05) is 154 Å². The van der Waals surface area contributed by atoms with Crippen molar-refractivity contribution in [3.8, 4) is 0 Å². The van der Waals surface area contributed by atoms with Crippen molar-refractivity contribution in [3.05, 3.63) is 29.3 Å². The maximum absolute atomic E-state index is 12.3. The van der Waals surface area contributed by atoms with Crippen LogP contribution >= 0.6 is 0 Å². The standard InChI is InChI=1S/C32H59NO3S/c1-3-5-7-9-11-13-15-17-19-21-23-25-30-27-28-32(37(34,35)36-33)31(29-30)26-24-22-20-18-16-14-12-10-8-6-4-2/h27-29H,3-26,33H2,1-2H3/q+1. The van der Waals surface area contributed by atoms with Crippen molar-refractivity contribution in [2.75, 3.05) is 0 Å². The summed E-state index contributed by atoms with van der Waals surface area (Å²) in [6, 6.07) is 5.72. The van der Waals surface area contributed by atoms with Gasteiger partial charge in [0.25, 0.3) is 0 Å². The summed E-state index contributed by atoms with van der Waals surface area (Å²) in [7, 11) is -3.88. The Morgan fingerprint density at radius 3 is 1.38 bits per heavy atom. The third-order valence-corrected chi connectivity index (χ3v) is 8.83. The molecule has 2 N–H and O–H groups in total. The molecule has 1 radical (unpaired) electrons. The minimum absolute atomic E-state index is 0.241. The van der Waals surface area contributed by atoms with Crippen molar-refractivity contribution in [2.45, 2.75) is 173 Å². The number of unbranched alkanes of at least 4 members (excludes halogenated alkanes) is 20. The average molecular weight is 538 g/mol. The maximum atomic E-state index is 12.3. The van der Waals surface area contributed by atoms with E-state index in [0.29, 0.717) is 0 Å². The second-order valence-electron chi connectivity index (χ2n) is 11.1. The largest absolute Gasteiger partial charge is 0.447 e. The highest BCUT2D eigenvalue weighted by molar-refractivity contribution is 7.93. The van der Waals surface area contributed by atoms with Gasteiger partial charge in [-0.25, -0.2) is 0 Å². The first kappa shape index (κ1) is 34.3. The monoisotopic (exact) mass is 537 g/mol. The third kappa shape index (κ3) is 17.5. The summed E-state index contributed by atoms with van der Waals surface area (Å²) >= 11 is 0. The molecule has 1 aromatic rings.